The van der Waals surface area contributed by atoms with Crippen molar-refractivity contribution in [2.45, 2.75) is 15.7 Å². The van der Waals surface area contributed by atoms with Gasteiger partial charge in [0.15, 0.2) is 14.2 Å². The number of thiazole rings is 1. The summed E-state index contributed by atoms with van der Waals surface area (Å²) < 4.78 is 26.4. The second-order valence-corrected chi connectivity index (χ2v) is 9.49. The molecule has 0 aliphatic rings. The van der Waals surface area contributed by atoms with Crippen LogP contribution >= 0.6 is 23.1 Å². The molecule has 1 heterocycles. The number of carbonyl (C=O) groups excluding carboxylic acids is 1. The summed E-state index contributed by atoms with van der Waals surface area (Å²) in [5.41, 5.74) is 1.53. The van der Waals surface area contributed by atoms with Crippen LogP contribution in [0.2, 0.25) is 0 Å². The SMILES string of the molecule is CSc1nc2ccc(NC(=O)CCS(=O)(=O)c3ccccc3)cc2s1. The molecule has 25 heavy (non-hydrogen) atoms. The van der Waals surface area contributed by atoms with Crippen LogP contribution in [0.1, 0.15) is 6.42 Å². The molecule has 1 N–H and O–H groups in total. The van der Waals surface area contributed by atoms with Crippen molar-refractivity contribution >= 4 is 54.7 Å². The molecule has 0 bridgehead atoms. The lowest BCUT2D eigenvalue weighted by atomic mass is 10.3. The predicted octanol–water partition coefficient (Wildman–Crippen LogP) is 3.82. The molecular formula is C17H16N2O3S3. The van der Waals surface area contributed by atoms with Gasteiger partial charge in [-0.25, -0.2) is 13.4 Å². The summed E-state index contributed by atoms with van der Waals surface area (Å²) in [6.07, 6.45) is 1.88. The van der Waals surface area contributed by atoms with Crippen LogP contribution in [0.25, 0.3) is 10.2 Å². The van der Waals surface area contributed by atoms with Gasteiger partial charge in [-0.2, -0.15) is 0 Å². The summed E-state index contributed by atoms with van der Waals surface area (Å²) >= 11 is 3.13. The first-order valence-electron chi connectivity index (χ1n) is 7.50. The third kappa shape index (κ3) is 4.39. The van der Waals surface area contributed by atoms with E-state index >= 15 is 0 Å². The predicted molar refractivity (Wildman–Crippen MR) is 103 cm³/mol. The topological polar surface area (TPSA) is 76.1 Å². The molecule has 0 unspecified atom stereocenters. The standard InChI is InChI=1S/C17H16N2O3S3/c1-23-17-19-14-8-7-12(11-15(14)24-17)18-16(20)9-10-25(21,22)13-5-3-2-4-6-13/h2-8,11H,9-10H2,1H3,(H,18,20). The highest BCUT2D eigenvalue weighted by atomic mass is 32.2. The van der Waals surface area contributed by atoms with Crippen molar-refractivity contribution in [3.63, 3.8) is 0 Å². The first-order chi connectivity index (χ1) is 12.0. The van der Waals surface area contributed by atoms with Crippen molar-refractivity contribution in [2.24, 2.45) is 0 Å². The van der Waals surface area contributed by atoms with E-state index in [4.69, 9.17) is 0 Å². The van der Waals surface area contributed by atoms with Crippen molar-refractivity contribution in [3.05, 3.63) is 48.5 Å². The Morgan fingerprint density at radius 2 is 1.96 bits per heavy atom. The van der Waals surface area contributed by atoms with Crippen LogP contribution in [-0.4, -0.2) is 31.3 Å². The molecule has 1 amide bonds. The number of nitrogens with one attached hydrogen (secondary N) is 1. The maximum Gasteiger partial charge on any atom is 0.225 e. The molecular weight excluding hydrogens is 376 g/mol. The van der Waals surface area contributed by atoms with Gasteiger partial charge in [-0.3, -0.25) is 4.79 Å². The van der Waals surface area contributed by atoms with Crippen LogP contribution in [0.15, 0.2) is 57.8 Å². The molecule has 0 spiro atoms. The summed E-state index contributed by atoms with van der Waals surface area (Å²) in [6.45, 7) is 0. The van der Waals surface area contributed by atoms with Crippen LogP contribution in [0.3, 0.4) is 0 Å². The van der Waals surface area contributed by atoms with E-state index in [1.54, 1.807) is 47.4 Å². The minimum absolute atomic E-state index is 0.0893. The van der Waals surface area contributed by atoms with Crippen LogP contribution in [0, 0.1) is 0 Å². The number of hydrogen-bond donors (Lipinski definition) is 1. The van der Waals surface area contributed by atoms with Gasteiger partial charge >= 0.3 is 0 Å². The number of hydrogen-bond acceptors (Lipinski definition) is 6. The highest BCUT2D eigenvalue weighted by molar-refractivity contribution is 8.00. The zero-order valence-electron chi connectivity index (χ0n) is 13.4. The van der Waals surface area contributed by atoms with Crippen molar-refractivity contribution in [1.82, 2.24) is 4.98 Å². The van der Waals surface area contributed by atoms with Crippen LogP contribution in [0.4, 0.5) is 5.69 Å². The van der Waals surface area contributed by atoms with Crippen molar-refractivity contribution in [2.75, 3.05) is 17.3 Å². The molecule has 0 atom stereocenters. The van der Waals surface area contributed by atoms with Gasteiger partial charge in [-0.15, -0.1) is 11.3 Å². The largest absolute Gasteiger partial charge is 0.326 e. The third-order valence-electron chi connectivity index (χ3n) is 3.53. The van der Waals surface area contributed by atoms with E-state index in [0.717, 1.165) is 14.6 Å². The van der Waals surface area contributed by atoms with E-state index in [1.165, 1.54) is 12.1 Å². The Labute approximate surface area is 154 Å². The number of thioether (sulfide) groups is 1. The minimum Gasteiger partial charge on any atom is -0.326 e. The monoisotopic (exact) mass is 392 g/mol. The highest BCUT2D eigenvalue weighted by Gasteiger charge is 2.16. The fourth-order valence-corrected chi connectivity index (χ4v) is 5.05. The maximum atomic E-state index is 12.2. The van der Waals surface area contributed by atoms with Crippen molar-refractivity contribution < 1.29 is 13.2 Å². The van der Waals surface area contributed by atoms with Gasteiger partial charge in [0.1, 0.15) is 0 Å². The fraction of sp³-hybridized carbons (Fsp3) is 0.176. The first-order valence-corrected chi connectivity index (χ1v) is 11.2. The summed E-state index contributed by atoms with van der Waals surface area (Å²) in [6, 6.07) is 13.6. The van der Waals surface area contributed by atoms with Crippen LogP contribution in [-0.2, 0) is 14.6 Å². The summed E-state index contributed by atoms with van der Waals surface area (Å²) in [5, 5.41) is 2.75. The molecule has 0 fully saturated rings. The van der Waals surface area contributed by atoms with E-state index in [0.29, 0.717) is 5.69 Å². The summed E-state index contributed by atoms with van der Waals surface area (Å²) in [7, 11) is -3.45. The lowest BCUT2D eigenvalue weighted by molar-refractivity contribution is -0.115. The first kappa shape index (κ1) is 17.9. The Balaban J connectivity index is 1.64. The van der Waals surface area contributed by atoms with E-state index in [9.17, 15) is 13.2 Å². The van der Waals surface area contributed by atoms with Crippen molar-refractivity contribution in [1.29, 1.82) is 0 Å². The van der Waals surface area contributed by atoms with Gasteiger partial charge in [-0.1, -0.05) is 30.0 Å². The molecule has 0 aliphatic carbocycles. The van der Waals surface area contributed by atoms with Gasteiger partial charge in [0.25, 0.3) is 0 Å². The Morgan fingerprint density at radius 3 is 2.68 bits per heavy atom. The molecule has 5 nitrogen and oxygen atoms in total. The molecule has 1 aromatic heterocycles. The summed E-state index contributed by atoms with van der Waals surface area (Å²) in [5.74, 6) is -0.545. The lowest BCUT2D eigenvalue weighted by Gasteiger charge is -2.06. The van der Waals surface area contributed by atoms with Gasteiger partial charge in [0.2, 0.25) is 5.91 Å². The normalized spacial score (nSPS) is 11.6. The number of nitrogens with zero attached hydrogens (tertiary/aromatic N) is 1. The second kappa shape index (κ2) is 7.55. The van der Waals surface area contributed by atoms with Gasteiger partial charge in [-0.05, 0) is 36.6 Å². The fourth-order valence-electron chi connectivity index (χ4n) is 2.26. The number of fused-ring (bicyclic) bond motifs is 1. The van der Waals surface area contributed by atoms with E-state index in [1.807, 2.05) is 18.4 Å². The van der Waals surface area contributed by atoms with Crippen LogP contribution in [0.5, 0.6) is 0 Å². The second-order valence-electron chi connectivity index (χ2n) is 5.30. The molecule has 0 saturated carbocycles. The molecule has 0 radical (unpaired) electrons. The summed E-state index contributed by atoms with van der Waals surface area (Å²) in [4.78, 5) is 16.8. The number of amides is 1. The van der Waals surface area contributed by atoms with Crippen molar-refractivity contribution in [3.8, 4) is 0 Å². The number of aromatic nitrogens is 1. The van der Waals surface area contributed by atoms with E-state index < -0.39 is 9.84 Å². The number of rotatable bonds is 6. The lowest BCUT2D eigenvalue weighted by Crippen LogP contribution is -2.17. The minimum atomic E-state index is -3.45. The molecule has 2 aromatic carbocycles. The van der Waals surface area contributed by atoms with E-state index in [-0.39, 0.29) is 23.0 Å². The number of carbonyl (C=O) groups is 1. The number of anilines is 1. The number of benzene rings is 2. The Bertz CT molecular complexity index is 998. The Hall–Kier alpha value is -1.90. The molecule has 3 aromatic rings. The Kier molecular flexibility index (Phi) is 5.41. The maximum absolute atomic E-state index is 12.2. The third-order valence-corrected chi connectivity index (χ3v) is 7.26. The zero-order chi connectivity index (χ0) is 17.9. The van der Waals surface area contributed by atoms with E-state index in [2.05, 4.69) is 10.3 Å². The van der Waals surface area contributed by atoms with Crippen LogP contribution < -0.4 is 5.32 Å². The Morgan fingerprint density at radius 1 is 1.20 bits per heavy atom. The smallest absolute Gasteiger partial charge is 0.225 e. The van der Waals surface area contributed by atoms with Gasteiger partial charge < -0.3 is 5.32 Å². The molecule has 130 valence electrons. The molecule has 8 heteroatoms. The van der Waals surface area contributed by atoms with Gasteiger partial charge in [0, 0.05) is 12.1 Å². The molecule has 0 saturated heterocycles. The molecule has 0 aliphatic heterocycles. The zero-order valence-corrected chi connectivity index (χ0v) is 15.9. The highest BCUT2D eigenvalue weighted by Crippen LogP contribution is 2.30. The number of sulfone groups is 1. The van der Waals surface area contributed by atoms with Gasteiger partial charge in [0.05, 0.1) is 20.9 Å². The quantitative estimate of drug-likeness (QED) is 0.646. The average Bonchev–Trinajstić information content (AvgIpc) is 3.03. The average molecular weight is 393 g/mol. The molecule has 3 rings (SSSR count).